The molecule has 0 aromatic carbocycles. The van der Waals surface area contributed by atoms with Crippen molar-refractivity contribution in [1.82, 2.24) is 19.9 Å². The summed E-state index contributed by atoms with van der Waals surface area (Å²) in [5, 5.41) is 0. The van der Waals surface area contributed by atoms with Crippen molar-refractivity contribution in [2.75, 3.05) is 32.1 Å². The number of carbonyl (C=O) groups excluding carboxylic acids is 1. The first kappa shape index (κ1) is 16.4. The Hall–Kier alpha value is -2.50. The van der Waals surface area contributed by atoms with Gasteiger partial charge in [-0.25, -0.2) is 9.97 Å². The number of anilines is 1. The van der Waals surface area contributed by atoms with E-state index in [0.29, 0.717) is 22.9 Å². The maximum Gasteiger partial charge on any atom is 0.257 e. The van der Waals surface area contributed by atoms with Gasteiger partial charge in [-0.2, -0.15) is 0 Å². The summed E-state index contributed by atoms with van der Waals surface area (Å²) in [6, 6.07) is 5.63. The number of hydrogen-bond donors (Lipinski definition) is 0. The highest BCUT2D eigenvalue weighted by Crippen LogP contribution is 2.23. The number of likely N-dealkylation sites (tertiary alicyclic amines) is 1. The Kier molecular flexibility index (Phi) is 5.03. The summed E-state index contributed by atoms with van der Waals surface area (Å²) >= 11 is 0. The third-order valence-electron chi connectivity index (χ3n) is 4.21. The van der Waals surface area contributed by atoms with Crippen molar-refractivity contribution in [1.29, 1.82) is 0 Å². The minimum absolute atomic E-state index is 0.00265. The average molecular weight is 325 g/mol. The van der Waals surface area contributed by atoms with Crippen LogP contribution in [0.5, 0.6) is 0 Å². The highest BCUT2D eigenvalue weighted by molar-refractivity contribution is 5.99. The van der Waals surface area contributed by atoms with Crippen LogP contribution >= 0.6 is 0 Å². The molecule has 0 spiro atoms. The lowest BCUT2D eigenvalue weighted by atomic mass is 10.1. The highest BCUT2D eigenvalue weighted by atomic mass is 16.2. The van der Waals surface area contributed by atoms with Gasteiger partial charge < -0.3 is 9.80 Å². The van der Waals surface area contributed by atoms with Crippen molar-refractivity contribution in [3.63, 3.8) is 0 Å². The molecule has 1 aliphatic heterocycles. The molecule has 0 atom stereocenters. The van der Waals surface area contributed by atoms with Crippen LogP contribution in [0.25, 0.3) is 11.4 Å². The van der Waals surface area contributed by atoms with Crippen LogP contribution in [0.15, 0.2) is 30.6 Å². The molecule has 24 heavy (non-hydrogen) atoms. The van der Waals surface area contributed by atoms with Crippen molar-refractivity contribution >= 4 is 11.9 Å². The van der Waals surface area contributed by atoms with Crippen molar-refractivity contribution in [2.45, 2.75) is 25.7 Å². The lowest BCUT2D eigenvalue weighted by Crippen LogP contribution is -2.32. The van der Waals surface area contributed by atoms with Crippen molar-refractivity contribution in [3.05, 3.63) is 36.2 Å². The van der Waals surface area contributed by atoms with E-state index in [2.05, 4.69) is 15.0 Å². The minimum Gasteiger partial charge on any atom is -0.347 e. The van der Waals surface area contributed by atoms with Crippen LogP contribution in [-0.4, -0.2) is 52.9 Å². The van der Waals surface area contributed by atoms with Gasteiger partial charge >= 0.3 is 0 Å². The molecular weight excluding hydrogens is 302 g/mol. The quantitative estimate of drug-likeness (QED) is 0.868. The van der Waals surface area contributed by atoms with Crippen molar-refractivity contribution in [3.8, 4) is 11.4 Å². The van der Waals surface area contributed by atoms with Crippen molar-refractivity contribution < 1.29 is 4.79 Å². The van der Waals surface area contributed by atoms with Crippen LogP contribution < -0.4 is 4.90 Å². The largest absolute Gasteiger partial charge is 0.347 e. The van der Waals surface area contributed by atoms with Crippen LogP contribution in [0.4, 0.5) is 5.95 Å². The first-order valence-corrected chi connectivity index (χ1v) is 8.42. The van der Waals surface area contributed by atoms with Gasteiger partial charge in [0, 0.05) is 39.6 Å². The van der Waals surface area contributed by atoms with E-state index >= 15 is 0 Å². The predicted octanol–water partition coefficient (Wildman–Crippen LogP) is 2.62. The zero-order valence-electron chi connectivity index (χ0n) is 14.3. The maximum absolute atomic E-state index is 13.0. The third kappa shape index (κ3) is 3.53. The molecule has 0 radical (unpaired) electrons. The molecule has 1 amide bonds. The number of hydrogen-bond acceptors (Lipinski definition) is 5. The molecule has 3 heterocycles. The summed E-state index contributed by atoms with van der Waals surface area (Å²) in [5.41, 5.74) is 1.82. The topological polar surface area (TPSA) is 62.2 Å². The Labute approximate surface area is 142 Å². The standard InChI is InChI=1S/C18H23N5O/c1-22(2)18-20-13-14(16(21-18)15-9-5-6-10-19-15)17(24)23-11-7-3-4-8-12-23/h5-6,9-10,13H,3-4,7-8,11-12H2,1-2H3. The average Bonchev–Trinajstić information content (AvgIpc) is 2.90. The van der Waals surface area contributed by atoms with Crippen molar-refractivity contribution in [2.24, 2.45) is 0 Å². The van der Waals surface area contributed by atoms with Gasteiger partial charge in [-0.1, -0.05) is 18.9 Å². The second-order valence-electron chi connectivity index (χ2n) is 6.25. The minimum atomic E-state index is 0.00265. The number of rotatable bonds is 3. The lowest BCUT2D eigenvalue weighted by molar-refractivity contribution is 0.0761. The smallest absolute Gasteiger partial charge is 0.257 e. The predicted molar refractivity (Wildman–Crippen MR) is 94.0 cm³/mol. The molecule has 3 rings (SSSR count). The van der Waals surface area contributed by atoms with Crippen LogP contribution in [-0.2, 0) is 0 Å². The van der Waals surface area contributed by atoms with E-state index in [1.165, 1.54) is 12.8 Å². The molecule has 0 aliphatic carbocycles. The Morgan fingerprint density at radius 1 is 1.08 bits per heavy atom. The summed E-state index contributed by atoms with van der Waals surface area (Å²) in [5.74, 6) is 0.575. The fourth-order valence-corrected chi connectivity index (χ4v) is 2.89. The molecule has 2 aromatic heterocycles. The first-order valence-electron chi connectivity index (χ1n) is 8.42. The summed E-state index contributed by atoms with van der Waals surface area (Å²) in [6.07, 6.45) is 7.84. The molecule has 1 saturated heterocycles. The van der Waals surface area contributed by atoms with Crippen LogP contribution in [0.1, 0.15) is 36.0 Å². The molecule has 0 saturated carbocycles. The number of carbonyl (C=O) groups is 1. The molecular formula is C18H23N5O. The molecule has 2 aromatic rings. The monoisotopic (exact) mass is 325 g/mol. The number of aromatic nitrogens is 3. The van der Waals surface area contributed by atoms with E-state index in [0.717, 1.165) is 25.9 Å². The Balaban J connectivity index is 2.01. The molecule has 6 heteroatoms. The van der Waals surface area contributed by atoms with E-state index in [-0.39, 0.29) is 5.91 Å². The van der Waals surface area contributed by atoms with Gasteiger partial charge in [0.05, 0.1) is 11.3 Å². The first-order chi connectivity index (χ1) is 11.7. The fraction of sp³-hybridized carbons (Fsp3) is 0.444. The van der Waals surface area contributed by atoms with Gasteiger partial charge in [-0.05, 0) is 25.0 Å². The third-order valence-corrected chi connectivity index (χ3v) is 4.21. The SMILES string of the molecule is CN(C)c1ncc(C(=O)N2CCCCCC2)c(-c2ccccn2)n1. The van der Waals surface area contributed by atoms with Gasteiger partial charge in [0.2, 0.25) is 5.95 Å². The molecule has 0 unspecified atom stereocenters. The molecule has 1 fully saturated rings. The second-order valence-corrected chi connectivity index (χ2v) is 6.25. The lowest BCUT2D eigenvalue weighted by Gasteiger charge is -2.22. The number of nitrogens with zero attached hydrogens (tertiary/aromatic N) is 5. The van der Waals surface area contributed by atoms with Gasteiger partial charge in [-0.3, -0.25) is 9.78 Å². The molecule has 0 bridgehead atoms. The zero-order chi connectivity index (χ0) is 16.9. The van der Waals surface area contributed by atoms with Gasteiger partial charge in [0.15, 0.2) is 0 Å². The molecule has 0 N–H and O–H groups in total. The Morgan fingerprint density at radius 2 is 1.83 bits per heavy atom. The molecule has 1 aliphatic rings. The van der Waals surface area contributed by atoms with Gasteiger partial charge in [-0.15, -0.1) is 0 Å². The van der Waals surface area contributed by atoms with E-state index in [1.807, 2.05) is 42.1 Å². The number of amides is 1. The van der Waals surface area contributed by atoms with Crippen LogP contribution in [0.2, 0.25) is 0 Å². The maximum atomic E-state index is 13.0. The van der Waals surface area contributed by atoms with Crippen LogP contribution in [0, 0.1) is 0 Å². The fourth-order valence-electron chi connectivity index (χ4n) is 2.89. The Morgan fingerprint density at radius 3 is 2.46 bits per heavy atom. The molecule has 6 nitrogen and oxygen atoms in total. The van der Waals surface area contributed by atoms with E-state index in [4.69, 9.17) is 0 Å². The zero-order valence-corrected chi connectivity index (χ0v) is 14.3. The van der Waals surface area contributed by atoms with E-state index in [9.17, 15) is 4.79 Å². The van der Waals surface area contributed by atoms with E-state index in [1.54, 1.807) is 12.4 Å². The van der Waals surface area contributed by atoms with Gasteiger partial charge in [0.25, 0.3) is 5.91 Å². The Bertz CT molecular complexity index is 694. The summed E-state index contributed by atoms with van der Waals surface area (Å²) in [4.78, 5) is 30.1. The normalized spacial score (nSPS) is 15.0. The summed E-state index contributed by atoms with van der Waals surface area (Å²) in [7, 11) is 3.77. The molecule has 126 valence electrons. The number of pyridine rings is 1. The second kappa shape index (κ2) is 7.38. The highest BCUT2D eigenvalue weighted by Gasteiger charge is 2.23. The summed E-state index contributed by atoms with van der Waals surface area (Å²) in [6.45, 7) is 1.60. The van der Waals surface area contributed by atoms with Crippen LogP contribution in [0.3, 0.4) is 0 Å². The summed E-state index contributed by atoms with van der Waals surface area (Å²) < 4.78 is 0. The van der Waals surface area contributed by atoms with Gasteiger partial charge in [0.1, 0.15) is 5.69 Å². The van der Waals surface area contributed by atoms with E-state index < -0.39 is 0 Å².